The van der Waals surface area contributed by atoms with Crippen molar-refractivity contribution in [1.82, 2.24) is 4.98 Å². The first kappa shape index (κ1) is 14.0. The van der Waals surface area contributed by atoms with E-state index in [0.717, 1.165) is 0 Å². The van der Waals surface area contributed by atoms with Crippen molar-refractivity contribution in [3.8, 4) is 0 Å². The number of piperidine rings is 1. The zero-order chi connectivity index (χ0) is 14.9. The van der Waals surface area contributed by atoms with Gasteiger partial charge in [-0.15, -0.1) is 0 Å². The summed E-state index contributed by atoms with van der Waals surface area (Å²) >= 11 is 0. The van der Waals surface area contributed by atoms with E-state index in [1.165, 1.54) is 12.1 Å². The molecule has 1 aliphatic rings. The molecule has 2 heterocycles. The van der Waals surface area contributed by atoms with Crippen LogP contribution < -0.4 is 10.6 Å². The van der Waals surface area contributed by atoms with Crippen LogP contribution in [0.2, 0.25) is 0 Å². The molecule has 2 rings (SSSR count). The number of anilines is 2. The minimum absolute atomic E-state index is 0.126. The average Bonchev–Trinajstić information content (AvgIpc) is 2.38. The second-order valence-electron chi connectivity index (χ2n) is 5.18. The lowest BCUT2D eigenvalue weighted by molar-refractivity contribution is -0.384. The van der Waals surface area contributed by atoms with E-state index in [1.807, 2.05) is 4.90 Å². The molecule has 1 aliphatic heterocycles. The second kappa shape index (κ2) is 4.95. The summed E-state index contributed by atoms with van der Waals surface area (Å²) in [6.45, 7) is 2.80. The lowest BCUT2D eigenvalue weighted by Gasteiger charge is -2.37. The molecule has 1 aromatic heterocycles. The molecule has 108 valence electrons. The molecule has 0 spiro atoms. The van der Waals surface area contributed by atoms with E-state index in [1.54, 1.807) is 6.92 Å². The van der Waals surface area contributed by atoms with Gasteiger partial charge < -0.3 is 15.7 Å². The highest BCUT2D eigenvalue weighted by atomic mass is 16.6. The van der Waals surface area contributed by atoms with Gasteiger partial charge in [-0.05, 0) is 25.8 Å². The van der Waals surface area contributed by atoms with Crippen LogP contribution in [-0.2, 0) is 4.79 Å². The Morgan fingerprint density at radius 1 is 1.50 bits per heavy atom. The molecule has 1 fully saturated rings. The number of nitrogens with two attached hydrogens (primary N) is 1. The first-order valence-corrected chi connectivity index (χ1v) is 6.23. The zero-order valence-corrected chi connectivity index (χ0v) is 11.1. The van der Waals surface area contributed by atoms with Crippen molar-refractivity contribution in [2.24, 2.45) is 5.41 Å². The predicted octanol–water partition coefficient (Wildman–Crippen LogP) is 1.26. The van der Waals surface area contributed by atoms with E-state index in [0.29, 0.717) is 31.7 Å². The summed E-state index contributed by atoms with van der Waals surface area (Å²) in [6.07, 6.45) is 1.00. The molecule has 0 aliphatic carbocycles. The third kappa shape index (κ3) is 2.49. The molecular formula is C12H16N4O4. The van der Waals surface area contributed by atoms with Crippen molar-refractivity contribution in [3.05, 3.63) is 22.2 Å². The Labute approximate surface area is 115 Å². The van der Waals surface area contributed by atoms with Crippen molar-refractivity contribution in [2.75, 3.05) is 23.7 Å². The van der Waals surface area contributed by atoms with Crippen LogP contribution in [0.5, 0.6) is 0 Å². The van der Waals surface area contributed by atoms with Gasteiger partial charge in [0.2, 0.25) is 5.82 Å². The Kier molecular flexibility index (Phi) is 3.47. The molecule has 0 unspecified atom stereocenters. The fourth-order valence-electron chi connectivity index (χ4n) is 2.23. The summed E-state index contributed by atoms with van der Waals surface area (Å²) in [5, 5.41) is 19.8. The molecule has 0 atom stereocenters. The molecule has 8 nitrogen and oxygen atoms in total. The molecular weight excluding hydrogens is 264 g/mol. The van der Waals surface area contributed by atoms with Crippen LogP contribution in [-0.4, -0.2) is 34.1 Å². The first-order chi connectivity index (χ1) is 9.33. The second-order valence-corrected chi connectivity index (χ2v) is 5.18. The van der Waals surface area contributed by atoms with Crippen molar-refractivity contribution < 1.29 is 14.8 Å². The van der Waals surface area contributed by atoms with Crippen LogP contribution in [0.4, 0.5) is 17.3 Å². The van der Waals surface area contributed by atoms with Gasteiger partial charge in [-0.3, -0.25) is 14.9 Å². The summed E-state index contributed by atoms with van der Waals surface area (Å²) in [5.41, 5.74) is 4.62. The number of carboxylic acid groups (broad SMARTS) is 1. The summed E-state index contributed by atoms with van der Waals surface area (Å²) in [4.78, 5) is 27.2. The van der Waals surface area contributed by atoms with Gasteiger partial charge in [0.1, 0.15) is 5.82 Å². The highest BCUT2D eigenvalue weighted by Crippen LogP contribution is 2.33. The number of pyridine rings is 1. The maximum atomic E-state index is 11.2. The van der Waals surface area contributed by atoms with Gasteiger partial charge in [0.05, 0.1) is 10.3 Å². The number of aliphatic carboxylic acids is 1. The van der Waals surface area contributed by atoms with Crippen LogP contribution in [0.3, 0.4) is 0 Å². The minimum atomic E-state index is -0.798. The fraction of sp³-hybridized carbons (Fsp3) is 0.500. The quantitative estimate of drug-likeness (QED) is 0.631. The van der Waals surface area contributed by atoms with Crippen molar-refractivity contribution in [2.45, 2.75) is 19.8 Å². The third-order valence-electron chi connectivity index (χ3n) is 3.79. The smallest absolute Gasteiger partial charge is 0.311 e. The van der Waals surface area contributed by atoms with Gasteiger partial charge in [-0.1, -0.05) is 0 Å². The normalized spacial score (nSPS) is 17.8. The molecule has 0 amide bonds. The van der Waals surface area contributed by atoms with Crippen LogP contribution >= 0.6 is 0 Å². The number of carbonyl (C=O) groups is 1. The number of rotatable bonds is 3. The third-order valence-corrected chi connectivity index (χ3v) is 3.79. The topological polar surface area (TPSA) is 123 Å². The Morgan fingerprint density at radius 3 is 2.55 bits per heavy atom. The molecule has 0 saturated carbocycles. The van der Waals surface area contributed by atoms with E-state index in [-0.39, 0.29) is 11.5 Å². The molecule has 20 heavy (non-hydrogen) atoms. The molecule has 1 saturated heterocycles. The van der Waals surface area contributed by atoms with E-state index in [2.05, 4.69) is 4.98 Å². The van der Waals surface area contributed by atoms with Gasteiger partial charge in [0.25, 0.3) is 0 Å². The molecule has 0 aromatic carbocycles. The lowest BCUT2D eigenvalue weighted by Crippen LogP contribution is -2.43. The molecule has 3 N–H and O–H groups in total. The van der Waals surface area contributed by atoms with Gasteiger partial charge in [0, 0.05) is 19.2 Å². The number of carboxylic acids is 1. The lowest BCUT2D eigenvalue weighted by atomic mass is 9.80. The van der Waals surface area contributed by atoms with Crippen molar-refractivity contribution >= 4 is 23.3 Å². The summed E-state index contributed by atoms with van der Waals surface area (Å²) < 4.78 is 0. The van der Waals surface area contributed by atoms with Gasteiger partial charge in [-0.2, -0.15) is 0 Å². The number of hydrogen-bond donors (Lipinski definition) is 2. The Morgan fingerprint density at radius 2 is 2.10 bits per heavy atom. The maximum Gasteiger partial charge on any atom is 0.311 e. The van der Waals surface area contributed by atoms with Crippen LogP contribution in [0.25, 0.3) is 0 Å². The Bertz CT molecular complexity index is 552. The summed E-state index contributed by atoms with van der Waals surface area (Å²) in [6, 6.07) is 2.86. The summed E-state index contributed by atoms with van der Waals surface area (Å²) in [7, 11) is 0. The largest absolute Gasteiger partial charge is 0.481 e. The Hall–Kier alpha value is -2.38. The van der Waals surface area contributed by atoms with Crippen LogP contribution in [0.15, 0.2) is 12.1 Å². The fourth-order valence-corrected chi connectivity index (χ4v) is 2.23. The standard InChI is InChI=1S/C12H16N4O4/c1-12(11(17)18)4-6-15(7-5-12)9-3-2-8(16(19)20)10(13)14-9/h2-3H,4-7H2,1H3,(H2,13,14)(H,17,18). The van der Waals surface area contributed by atoms with E-state index < -0.39 is 16.3 Å². The summed E-state index contributed by atoms with van der Waals surface area (Å²) in [5.74, 6) is -0.382. The maximum absolute atomic E-state index is 11.2. The van der Waals surface area contributed by atoms with E-state index in [4.69, 9.17) is 10.8 Å². The van der Waals surface area contributed by atoms with E-state index in [9.17, 15) is 14.9 Å². The number of nitro groups is 1. The highest BCUT2D eigenvalue weighted by molar-refractivity contribution is 5.74. The van der Waals surface area contributed by atoms with Crippen molar-refractivity contribution in [1.29, 1.82) is 0 Å². The molecule has 8 heteroatoms. The van der Waals surface area contributed by atoms with E-state index >= 15 is 0 Å². The minimum Gasteiger partial charge on any atom is -0.481 e. The van der Waals surface area contributed by atoms with Crippen LogP contribution in [0.1, 0.15) is 19.8 Å². The van der Waals surface area contributed by atoms with Gasteiger partial charge in [0.15, 0.2) is 0 Å². The first-order valence-electron chi connectivity index (χ1n) is 6.23. The average molecular weight is 280 g/mol. The molecule has 0 radical (unpaired) electrons. The molecule has 0 bridgehead atoms. The number of hydrogen-bond acceptors (Lipinski definition) is 6. The number of nitrogen functional groups attached to an aromatic ring is 1. The van der Waals surface area contributed by atoms with Gasteiger partial charge in [-0.25, -0.2) is 4.98 Å². The monoisotopic (exact) mass is 280 g/mol. The zero-order valence-electron chi connectivity index (χ0n) is 11.1. The molecule has 1 aromatic rings. The predicted molar refractivity (Wildman–Crippen MR) is 72.5 cm³/mol. The van der Waals surface area contributed by atoms with Crippen LogP contribution in [0, 0.1) is 15.5 Å². The Balaban J connectivity index is 2.13. The highest BCUT2D eigenvalue weighted by Gasteiger charge is 2.37. The van der Waals surface area contributed by atoms with Crippen molar-refractivity contribution in [3.63, 3.8) is 0 Å². The SMILES string of the molecule is CC1(C(=O)O)CCN(c2ccc([N+](=O)[O-])c(N)n2)CC1. The number of nitrogens with zero attached hydrogens (tertiary/aromatic N) is 3. The van der Waals surface area contributed by atoms with Gasteiger partial charge >= 0.3 is 11.7 Å². The number of aromatic nitrogens is 1.